The Kier molecular flexibility index (Phi) is 13.1. The van der Waals surface area contributed by atoms with Crippen LogP contribution in [0.2, 0.25) is 0 Å². The van der Waals surface area contributed by atoms with E-state index in [1.165, 1.54) is 88.4 Å². The predicted molar refractivity (Wildman–Crippen MR) is 158 cm³/mol. The van der Waals surface area contributed by atoms with Crippen LogP contribution < -0.4 is 5.73 Å². The van der Waals surface area contributed by atoms with Gasteiger partial charge in [-0.25, -0.2) is 4.68 Å². The summed E-state index contributed by atoms with van der Waals surface area (Å²) in [5.74, 6) is 2.31. The molecule has 7 nitrogen and oxygen atoms in total. The maximum absolute atomic E-state index is 6.33. The van der Waals surface area contributed by atoms with Crippen LogP contribution in [0.15, 0.2) is 44.9 Å². The Morgan fingerprint density at radius 2 is 1.54 bits per heavy atom. The Balaban J connectivity index is 1.54. The molecule has 9 heteroatoms. The van der Waals surface area contributed by atoms with Crippen LogP contribution in [0.4, 0.5) is 16.6 Å². The first-order valence-electron chi connectivity index (χ1n) is 13.9. The lowest BCUT2D eigenvalue weighted by Crippen LogP contribution is -2.04. The highest BCUT2D eigenvalue weighted by Gasteiger charge is 2.15. The summed E-state index contributed by atoms with van der Waals surface area (Å²) in [6, 6.07) is 9.79. The van der Waals surface area contributed by atoms with Gasteiger partial charge < -0.3 is 5.73 Å². The van der Waals surface area contributed by atoms with Gasteiger partial charge in [0.25, 0.3) is 5.13 Å². The second kappa shape index (κ2) is 16.6. The van der Waals surface area contributed by atoms with Crippen molar-refractivity contribution in [3.05, 3.63) is 36.0 Å². The summed E-state index contributed by atoms with van der Waals surface area (Å²) in [5.41, 5.74) is 8.52. The van der Waals surface area contributed by atoms with Gasteiger partial charge in [0.15, 0.2) is 15.8 Å². The van der Waals surface area contributed by atoms with E-state index in [0.717, 1.165) is 27.4 Å². The van der Waals surface area contributed by atoms with E-state index in [9.17, 15) is 0 Å². The number of nitrogens with two attached hydrogens (primary N) is 1. The van der Waals surface area contributed by atoms with Crippen molar-refractivity contribution in [1.29, 1.82) is 0 Å². The Bertz CT molecular complexity index is 1060. The molecular formula is C28H43N7S2. The largest absolute Gasteiger partial charge is 0.382 e. The fourth-order valence-electron chi connectivity index (χ4n) is 4.39. The Hall–Kier alpha value is -2.26. The Labute approximate surface area is 230 Å². The third-order valence-corrected chi connectivity index (χ3v) is 8.74. The van der Waals surface area contributed by atoms with Crippen LogP contribution in [0.1, 0.15) is 96.6 Å². The van der Waals surface area contributed by atoms with Crippen molar-refractivity contribution >= 4 is 39.7 Å². The number of thioether (sulfide) groups is 1. The lowest BCUT2D eigenvalue weighted by molar-refractivity contribution is 0.440. The first-order chi connectivity index (χ1) is 18.1. The molecule has 0 aliphatic heterocycles. The van der Waals surface area contributed by atoms with Crippen LogP contribution in [0.3, 0.4) is 0 Å². The number of aryl methyl sites for hydroxylation is 1. The lowest BCUT2D eigenvalue weighted by Gasteiger charge is -2.15. The fraction of sp³-hybridized carbons (Fsp3) is 0.607. The van der Waals surface area contributed by atoms with Crippen LogP contribution in [-0.2, 0) is 0 Å². The smallest absolute Gasteiger partial charge is 0.252 e. The predicted octanol–water partition coefficient (Wildman–Crippen LogP) is 9.46. The highest BCUT2D eigenvalue weighted by atomic mass is 32.2. The molecule has 2 N–H and O–H groups in total. The summed E-state index contributed by atoms with van der Waals surface area (Å²) in [4.78, 5) is 0. The average molecular weight is 542 g/mol. The molecule has 0 radical (unpaired) electrons. The third kappa shape index (κ3) is 9.85. The summed E-state index contributed by atoms with van der Waals surface area (Å²) >= 11 is 3.31. The van der Waals surface area contributed by atoms with Crippen molar-refractivity contribution in [2.24, 2.45) is 16.1 Å². The number of azo groups is 1. The number of hydrogen-bond donors (Lipinski definition) is 1. The maximum Gasteiger partial charge on any atom is 0.252 e. The van der Waals surface area contributed by atoms with Gasteiger partial charge in [-0.3, -0.25) is 0 Å². The van der Waals surface area contributed by atoms with Crippen molar-refractivity contribution < 1.29 is 0 Å². The number of rotatable bonds is 18. The molecule has 0 fully saturated rings. The van der Waals surface area contributed by atoms with Gasteiger partial charge in [-0.2, -0.15) is 5.10 Å². The highest BCUT2D eigenvalue weighted by molar-refractivity contribution is 8.01. The molecule has 3 rings (SSSR count). The first-order valence-corrected chi connectivity index (χ1v) is 15.7. The molecule has 0 aliphatic rings. The van der Waals surface area contributed by atoms with E-state index in [4.69, 9.17) is 5.73 Å². The molecule has 0 saturated heterocycles. The third-order valence-electron chi connectivity index (χ3n) is 6.57. The van der Waals surface area contributed by atoms with Gasteiger partial charge >= 0.3 is 0 Å². The maximum atomic E-state index is 6.33. The SMILES string of the molecule is CCCCCCCCC(CCCCCC)CSc1nnc(N=Nc2c(C)nn(-c3ccccc3)c2N)s1. The number of aromatic nitrogens is 4. The first kappa shape index (κ1) is 29.3. The van der Waals surface area contributed by atoms with Crippen molar-refractivity contribution in [1.82, 2.24) is 20.0 Å². The van der Waals surface area contributed by atoms with Crippen molar-refractivity contribution in [3.63, 3.8) is 0 Å². The summed E-state index contributed by atoms with van der Waals surface area (Å²) in [5, 5.41) is 22.4. The summed E-state index contributed by atoms with van der Waals surface area (Å²) in [6.45, 7) is 6.44. The quantitative estimate of drug-likeness (QED) is 0.0983. The molecule has 0 spiro atoms. The lowest BCUT2D eigenvalue weighted by atomic mass is 9.96. The molecule has 2 aromatic heterocycles. The van der Waals surface area contributed by atoms with E-state index in [2.05, 4.69) is 39.4 Å². The number of hydrogen-bond acceptors (Lipinski definition) is 8. The van der Waals surface area contributed by atoms with E-state index in [-0.39, 0.29) is 0 Å². The van der Waals surface area contributed by atoms with Gasteiger partial charge in [0.1, 0.15) is 0 Å². The molecule has 1 unspecified atom stereocenters. The van der Waals surface area contributed by atoms with Crippen molar-refractivity contribution in [3.8, 4) is 5.69 Å². The molecular weight excluding hydrogens is 498 g/mol. The summed E-state index contributed by atoms with van der Waals surface area (Å²) in [7, 11) is 0. The fourth-order valence-corrected chi connectivity index (χ4v) is 6.27. The number of benzene rings is 1. The van der Waals surface area contributed by atoms with Crippen molar-refractivity contribution in [2.75, 3.05) is 11.5 Å². The van der Waals surface area contributed by atoms with Crippen LogP contribution >= 0.6 is 23.1 Å². The average Bonchev–Trinajstić information content (AvgIpc) is 3.49. The van der Waals surface area contributed by atoms with E-state index in [0.29, 0.717) is 16.6 Å². The summed E-state index contributed by atoms with van der Waals surface area (Å²) in [6.07, 6.45) is 16.1. The normalized spacial score (nSPS) is 12.5. The molecule has 2 heterocycles. The van der Waals surface area contributed by atoms with Gasteiger partial charge in [-0.15, -0.1) is 20.4 Å². The van der Waals surface area contributed by atoms with Gasteiger partial charge in [0.2, 0.25) is 0 Å². The molecule has 0 bridgehead atoms. The van der Waals surface area contributed by atoms with Crippen LogP contribution in [-0.4, -0.2) is 25.7 Å². The molecule has 0 amide bonds. The van der Waals surface area contributed by atoms with Crippen LogP contribution in [0, 0.1) is 12.8 Å². The zero-order valence-electron chi connectivity index (χ0n) is 22.7. The molecule has 202 valence electrons. The second-order valence-electron chi connectivity index (χ2n) is 9.70. The number of para-hydroxylation sites is 1. The number of nitrogen functional groups attached to an aromatic ring is 1. The van der Waals surface area contributed by atoms with Gasteiger partial charge in [0, 0.05) is 5.75 Å². The molecule has 3 aromatic rings. The molecule has 0 aliphatic carbocycles. The molecule has 0 saturated carbocycles. The second-order valence-corrected chi connectivity index (χ2v) is 11.9. The standard InChI is InChI=1S/C28H43N7S2/c1-4-6-8-10-11-14-18-23(17-13-9-7-5-2)21-36-28-33-32-27(37-28)31-30-25-22(3)34-35(26(25)29)24-19-15-12-16-20-24/h12,15-16,19-20,23H,4-11,13-14,17-18,21,29H2,1-3H3. The molecule has 1 atom stereocenters. The minimum absolute atomic E-state index is 0.465. The zero-order valence-corrected chi connectivity index (χ0v) is 24.4. The highest BCUT2D eigenvalue weighted by Crippen LogP contribution is 2.34. The Morgan fingerprint density at radius 1 is 0.892 bits per heavy atom. The minimum atomic E-state index is 0.465. The molecule has 37 heavy (non-hydrogen) atoms. The van der Waals surface area contributed by atoms with Crippen LogP contribution in [0.25, 0.3) is 5.69 Å². The van der Waals surface area contributed by atoms with E-state index < -0.39 is 0 Å². The summed E-state index contributed by atoms with van der Waals surface area (Å²) < 4.78 is 2.65. The van der Waals surface area contributed by atoms with Crippen LogP contribution in [0.5, 0.6) is 0 Å². The topological polar surface area (TPSA) is 94.3 Å². The van der Waals surface area contributed by atoms with E-state index in [1.54, 1.807) is 4.68 Å². The number of unbranched alkanes of at least 4 members (excludes halogenated alkanes) is 8. The van der Waals surface area contributed by atoms with E-state index in [1.807, 2.05) is 49.0 Å². The van der Waals surface area contributed by atoms with Gasteiger partial charge in [0.05, 0.1) is 11.4 Å². The minimum Gasteiger partial charge on any atom is -0.382 e. The van der Waals surface area contributed by atoms with Crippen molar-refractivity contribution in [2.45, 2.75) is 102 Å². The zero-order chi connectivity index (χ0) is 26.3. The number of nitrogens with zero attached hydrogens (tertiary/aromatic N) is 6. The number of anilines is 1. The van der Waals surface area contributed by atoms with E-state index >= 15 is 0 Å². The van der Waals surface area contributed by atoms with Gasteiger partial charge in [-0.05, 0) is 37.8 Å². The monoisotopic (exact) mass is 541 g/mol. The Morgan fingerprint density at radius 3 is 2.24 bits per heavy atom. The van der Waals surface area contributed by atoms with Gasteiger partial charge in [-0.1, -0.05) is 119 Å². The molecule has 1 aromatic carbocycles.